The van der Waals surface area contributed by atoms with Gasteiger partial charge in [0.25, 0.3) is 0 Å². The number of hydrogen-bond acceptors (Lipinski definition) is 8. The molecular formula is C21H20FN5O4S. The Labute approximate surface area is 183 Å². The first-order chi connectivity index (χ1) is 15.4. The maximum Gasteiger partial charge on any atom is 0.204 e. The molecule has 9 nitrogen and oxygen atoms in total. The van der Waals surface area contributed by atoms with Crippen molar-refractivity contribution in [3.63, 3.8) is 0 Å². The quantitative estimate of drug-likeness (QED) is 0.397. The Morgan fingerprint density at radius 3 is 2.56 bits per heavy atom. The topological polar surface area (TPSA) is 113 Å². The smallest absolute Gasteiger partial charge is 0.204 e. The maximum absolute atomic E-state index is 13.1. The van der Waals surface area contributed by atoms with Crippen LogP contribution in [0, 0.1) is 5.82 Å². The minimum Gasteiger partial charge on any atom is -0.495 e. The van der Waals surface area contributed by atoms with Crippen molar-refractivity contribution >= 4 is 9.84 Å². The van der Waals surface area contributed by atoms with Gasteiger partial charge in [0, 0.05) is 6.42 Å². The van der Waals surface area contributed by atoms with E-state index in [0.29, 0.717) is 23.0 Å². The Bertz CT molecular complexity index is 1300. The summed E-state index contributed by atoms with van der Waals surface area (Å²) in [6.45, 7) is 1.55. The van der Waals surface area contributed by atoms with Crippen LogP contribution in [-0.4, -0.2) is 45.5 Å². The van der Waals surface area contributed by atoms with Crippen LogP contribution >= 0.6 is 0 Å². The summed E-state index contributed by atoms with van der Waals surface area (Å²) in [5.74, 6) is 0.768. The molecule has 0 amide bonds. The van der Waals surface area contributed by atoms with Gasteiger partial charge in [0.15, 0.2) is 27.2 Å². The average Bonchev–Trinajstić information content (AvgIpc) is 3.45. The summed E-state index contributed by atoms with van der Waals surface area (Å²) in [6, 6.07) is 10.6. The summed E-state index contributed by atoms with van der Waals surface area (Å²) in [7, 11) is -2.17. The number of hydrogen-bond donors (Lipinski definition) is 0. The lowest BCUT2D eigenvalue weighted by atomic mass is 10.2. The molecule has 4 aromatic rings. The van der Waals surface area contributed by atoms with Gasteiger partial charge in [-0.3, -0.25) is 4.57 Å². The molecule has 0 saturated carbocycles. The van der Waals surface area contributed by atoms with E-state index in [1.54, 1.807) is 47.9 Å². The predicted octanol–water partition coefficient (Wildman–Crippen LogP) is 3.01. The van der Waals surface area contributed by atoms with E-state index in [1.807, 2.05) is 0 Å². The van der Waals surface area contributed by atoms with Crippen molar-refractivity contribution in [3.05, 3.63) is 72.5 Å². The summed E-state index contributed by atoms with van der Waals surface area (Å²) in [6.07, 6.45) is 3.56. The van der Waals surface area contributed by atoms with Gasteiger partial charge < -0.3 is 9.15 Å². The summed E-state index contributed by atoms with van der Waals surface area (Å²) < 4.78 is 51.9. The number of nitrogens with zero attached hydrogens (tertiary/aromatic N) is 5. The molecule has 0 aliphatic carbocycles. The van der Waals surface area contributed by atoms with Crippen LogP contribution in [0.15, 0.2) is 59.5 Å². The second kappa shape index (κ2) is 8.87. The van der Waals surface area contributed by atoms with Gasteiger partial charge in [-0.05, 0) is 31.2 Å². The van der Waals surface area contributed by atoms with Crippen molar-refractivity contribution in [2.45, 2.75) is 24.3 Å². The van der Waals surface area contributed by atoms with Crippen LogP contribution in [0.5, 0.6) is 5.75 Å². The van der Waals surface area contributed by atoms with E-state index in [9.17, 15) is 12.8 Å². The lowest BCUT2D eigenvalue weighted by Crippen LogP contribution is -2.24. The van der Waals surface area contributed by atoms with Crippen LogP contribution in [0.2, 0.25) is 0 Å². The van der Waals surface area contributed by atoms with Crippen molar-refractivity contribution in [2.75, 3.05) is 7.11 Å². The molecule has 32 heavy (non-hydrogen) atoms. The van der Waals surface area contributed by atoms with E-state index in [2.05, 4.69) is 20.2 Å². The van der Waals surface area contributed by atoms with Crippen molar-refractivity contribution < 1.29 is 22.0 Å². The molecule has 3 aromatic heterocycles. The molecule has 0 aliphatic heterocycles. The molecule has 3 heterocycles. The normalized spacial score (nSPS) is 12.6. The Kier molecular flexibility index (Phi) is 5.99. The number of rotatable bonds is 8. The fraction of sp³-hybridized carbons (Fsp3) is 0.238. The van der Waals surface area contributed by atoms with E-state index in [0.717, 1.165) is 12.4 Å². The summed E-state index contributed by atoms with van der Waals surface area (Å²) in [4.78, 5) is 7.70. The third kappa shape index (κ3) is 4.37. The lowest BCUT2D eigenvalue weighted by molar-refractivity contribution is 0.412. The average molecular weight is 457 g/mol. The zero-order valence-corrected chi connectivity index (χ0v) is 18.2. The number of methoxy groups -OCH3 is 1. The van der Waals surface area contributed by atoms with Crippen molar-refractivity contribution in [1.82, 2.24) is 24.7 Å². The van der Waals surface area contributed by atoms with Crippen molar-refractivity contribution in [2.24, 2.45) is 0 Å². The Morgan fingerprint density at radius 2 is 1.88 bits per heavy atom. The number of furan rings is 1. The molecule has 0 saturated heterocycles. The molecule has 0 radical (unpaired) electrons. The fourth-order valence-corrected chi connectivity index (χ4v) is 4.43. The summed E-state index contributed by atoms with van der Waals surface area (Å²) in [5.41, 5.74) is 0.575. The first-order valence-electron chi connectivity index (χ1n) is 9.68. The number of ether oxygens (including phenoxy) is 1. The number of sulfone groups is 1. The minimum absolute atomic E-state index is 0.0381. The highest BCUT2D eigenvalue weighted by Crippen LogP contribution is 2.30. The van der Waals surface area contributed by atoms with E-state index < -0.39 is 20.9 Å². The third-order valence-electron chi connectivity index (χ3n) is 4.88. The second-order valence-electron chi connectivity index (χ2n) is 7.06. The van der Waals surface area contributed by atoms with E-state index >= 15 is 0 Å². The highest BCUT2D eigenvalue weighted by atomic mass is 32.2. The van der Waals surface area contributed by atoms with Gasteiger partial charge in [-0.15, -0.1) is 10.2 Å². The monoisotopic (exact) mass is 457 g/mol. The Morgan fingerprint density at radius 1 is 1.12 bits per heavy atom. The van der Waals surface area contributed by atoms with Gasteiger partial charge in [0.1, 0.15) is 17.3 Å². The van der Waals surface area contributed by atoms with Crippen LogP contribution in [0.1, 0.15) is 18.6 Å². The van der Waals surface area contributed by atoms with Crippen LogP contribution < -0.4 is 4.74 Å². The highest BCUT2D eigenvalue weighted by Gasteiger charge is 2.28. The zero-order chi connectivity index (χ0) is 22.7. The van der Waals surface area contributed by atoms with Crippen LogP contribution in [0.3, 0.4) is 0 Å². The SMILES string of the molecule is COc1ccccc1-n1c(CS(=O)(=O)[C@@H](C)Cc2ncc(F)cn2)nnc1-c1ccco1. The first-order valence-corrected chi connectivity index (χ1v) is 11.4. The third-order valence-corrected chi connectivity index (χ3v) is 6.94. The van der Waals surface area contributed by atoms with Gasteiger partial charge in [-0.2, -0.15) is 0 Å². The molecule has 0 bridgehead atoms. The molecule has 4 rings (SSSR count). The molecule has 0 unspecified atom stereocenters. The van der Waals surface area contributed by atoms with Gasteiger partial charge in [0.2, 0.25) is 5.82 Å². The molecule has 11 heteroatoms. The van der Waals surface area contributed by atoms with Crippen molar-refractivity contribution in [3.8, 4) is 23.0 Å². The minimum atomic E-state index is -3.70. The molecule has 0 spiro atoms. The highest BCUT2D eigenvalue weighted by molar-refractivity contribution is 7.91. The van der Waals surface area contributed by atoms with E-state index in [4.69, 9.17) is 9.15 Å². The van der Waals surface area contributed by atoms with Crippen LogP contribution in [-0.2, 0) is 22.0 Å². The Balaban J connectivity index is 1.71. The molecular weight excluding hydrogens is 437 g/mol. The van der Waals surface area contributed by atoms with Gasteiger partial charge in [0.05, 0.1) is 36.7 Å². The summed E-state index contributed by atoms with van der Waals surface area (Å²) >= 11 is 0. The van der Waals surface area contributed by atoms with Crippen LogP contribution in [0.25, 0.3) is 17.3 Å². The Hall–Kier alpha value is -3.60. The number of benzene rings is 1. The molecule has 0 aliphatic rings. The number of halogens is 1. The molecule has 1 atom stereocenters. The first kappa shape index (κ1) is 21.6. The molecule has 0 N–H and O–H groups in total. The fourth-order valence-electron chi connectivity index (χ4n) is 3.19. The van der Waals surface area contributed by atoms with Crippen molar-refractivity contribution in [1.29, 1.82) is 0 Å². The lowest BCUT2D eigenvalue weighted by Gasteiger charge is -2.15. The van der Waals surface area contributed by atoms with E-state index in [1.165, 1.54) is 13.4 Å². The van der Waals surface area contributed by atoms with Gasteiger partial charge in [-0.1, -0.05) is 12.1 Å². The maximum atomic E-state index is 13.1. The summed E-state index contributed by atoms with van der Waals surface area (Å²) in [5, 5.41) is 7.50. The second-order valence-corrected chi connectivity index (χ2v) is 9.48. The molecule has 0 fully saturated rings. The van der Waals surface area contributed by atoms with Gasteiger partial charge in [-0.25, -0.2) is 22.8 Å². The predicted molar refractivity (Wildman–Crippen MR) is 113 cm³/mol. The van der Waals surface area contributed by atoms with Crippen LogP contribution in [0.4, 0.5) is 4.39 Å². The standard InChI is InChI=1S/C21H20FN5O4S/c1-14(10-19-23-11-15(22)12-24-19)32(28,29)13-20-25-26-21(18-8-5-9-31-18)27(20)16-6-3-4-7-17(16)30-2/h3-9,11-12,14H,10,13H2,1-2H3/t14-/m0/s1. The molecule has 1 aromatic carbocycles. The largest absolute Gasteiger partial charge is 0.495 e. The molecule has 166 valence electrons. The number of para-hydroxylation sites is 2. The zero-order valence-electron chi connectivity index (χ0n) is 17.3. The van der Waals surface area contributed by atoms with E-state index in [-0.39, 0.29) is 23.8 Å². The van der Waals surface area contributed by atoms with Gasteiger partial charge >= 0.3 is 0 Å². The number of aromatic nitrogens is 5.